The molecule has 2 heterocycles. The van der Waals surface area contributed by atoms with Crippen LogP contribution in [0.4, 0.5) is 0 Å². The van der Waals surface area contributed by atoms with Gasteiger partial charge in [-0.2, -0.15) is 0 Å². The molecule has 1 aliphatic heterocycles. The van der Waals surface area contributed by atoms with Crippen molar-refractivity contribution in [2.45, 2.75) is 12.8 Å². The van der Waals surface area contributed by atoms with Crippen LogP contribution in [0, 0.1) is 0 Å². The monoisotopic (exact) mass is 192 g/mol. The highest BCUT2D eigenvalue weighted by Crippen LogP contribution is 2.00. The molecule has 0 bridgehead atoms. The summed E-state index contributed by atoms with van der Waals surface area (Å²) in [6.45, 7) is 4.53. The van der Waals surface area contributed by atoms with Crippen LogP contribution in [-0.4, -0.2) is 41.2 Å². The summed E-state index contributed by atoms with van der Waals surface area (Å²) in [5, 5.41) is 3.32. The lowest BCUT2D eigenvalue weighted by Gasteiger charge is -2.12. The average molecular weight is 192 g/mol. The maximum atomic E-state index is 4.20. The molecule has 0 atom stereocenters. The highest BCUT2D eigenvalue weighted by Gasteiger charge is 2.09. The molecule has 1 aliphatic rings. The Balaban J connectivity index is 1.67. The third kappa shape index (κ3) is 2.75. The van der Waals surface area contributed by atoms with Gasteiger partial charge in [0.1, 0.15) is 6.33 Å². The summed E-state index contributed by atoms with van der Waals surface area (Å²) in [7, 11) is 0. The van der Waals surface area contributed by atoms with Crippen LogP contribution in [0.1, 0.15) is 12.1 Å². The van der Waals surface area contributed by atoms with Crippen LogP contribution in [0.5, 0.6) is 0 Å². The van der Waals surface area contributed by atoms with Gasteiger partial charge in [0, 0.05) is 31.6 Å². The molecule has 1 fully saturated rings. The number of nitrogens with zero attached hydrogens (tertiary/aromatic N) is 3. The second-order valence-corrected chi connectivity index (χ2v) is 3.58. The summed E-state index contributed by atoms with van der Waals surface area (Å²) in [4.78, 5) is 10.5. The molecule has 1 N–H and O–H groups in total. The molecule has 4 nitrogen and oxygen atoms in total. The van der Waals surface area contributed by atoms with Gasteiger partial charge in [0.2, 0.25) is 0 Å². The van der Waals surface area contributed by atoms with E-state index in [1.807, 2.05) is 6.07 Å². The fourth-order valence-electron chi connectivity index (χ4n) is 1.69. The van der Waals surface area contributed by atoms with E-state index in [0.29, 0.717) is 0 Å². The highest BCUT2D eigenvalue weighted by molar-refractivity contribution is 4.97. The number of aromatic nitrogens is 2. The molecule has 0 amide bonds. The maximum absolute atomic E-state index is 4.20. The third-order valence-corrected chi connectivity index (χ3v) is 2.49. The van der Waals surface area contributed by atoms with Gasteiger partial charge >= 0.3 is 0 Å². The Morgan fingerprint density at radius 2 is 2.50 bits per heavy atom. The van der Waals surface area contributed by atoms with E-state index in [1.54, 1.807) is 12.5 Å². The molecule has 2 rings (SSSR count). The van der Waals surface area contributed by atoms with Crippen molar-refractivity contribution in [3.63, 3.8) is 0 Å². The normalized spacial score (nSPS) is 17.4. The number of rotatable bonds is 4. The molecular weight excluding hydrogens is 176 g/mol. The van der Waals surface area contributed by atoms with Crippen molar-refractivity contribution in [3.05, 3.63) is 24.3 Å². The Labute approximate surface area is 84.4 Å². The van der Waals surface area contributed by atoms with Crippen LogP contribution in [0.25, 0.3) is 0 Å². The fourth-order valence-corrected chi connectivity index (χ4v) is 1.69. The second-order valence-electron chi connectivity index (χ2n) is 3.58. The molecule has 14 heavy (non-hydrogen) atoms. The smallest absolute Gasteiger partial charge is 0.115 e. The van der Waals surface area contributed by atoms with E-state index in [0.717, 1.165) is 31.9 Å². The van der Waals surface area contributed by atoms with E-state index in [1.165, 1.54) is 13.0 Å². The van der Waals surface area contributed by atoms with Gasteiger partial charge in [-0.3, -0.25) is 4.90 Å². The van der Waals surface area contributed by atoms with E-state index in [2.05, 4.69) is 20.2 Å². The zero-order valence-electron chi connectivity index (χ0n) is 8.32. The van der Waals surface area contributed by atoms with E-state index in [9.17, 15) is 0 Å². The van der Waals surface area contributed by atoms with Gasteiger partial charge in [-0.25, -0.2) is 9.97 Å². The summed E-state index contributed by atoms with van der Waals surface area (Å²) in [6.07, 6.45) is 5.66. The minimum Gasteiger partial charge on any atom is -0.303 e. The van der Waals surface area contributed by atoms with Gasteiger partial charge in [0.05, 0.1) is 0 Å². The first-order valence-corrected chi connectivity index (χ1v) is 5.13. The number of hydrogen-bond donors (Lipinski definition) is 1. The molecule has 0 unspecified atom stereocenters. The number of nitrogens with one attached hydrogen (secondary N) is 1. The molecule has 0 radical (unpaired) electrons. The molecule has 0 spiro atoms. The van der Waals surface area contributed by atoms with Crippen molar-refractivity contribution < 1.29 is 0 Å². The summed E-state index contributed by atoms with van der Waals surface area (Å²) in [6, 6.07) is 1.99. The van der Waals surface area contributed by atoms with Crippen molar-refractivity contribution in [1.29, 1.82) is 0 Å². The van der Waals surface area contributed by atoms with Crippen molar-refractivity contribution >= 4 is 0 Å². The first kappa shape index (κ1) is 9.55. The van der Waals surface area contributed by atoms with Crippen molar-refractivity contribution in [3.8, 4) is 0 Å². The summed E-state index contributed by atoms with van der Waals surface area (Å²) in [5.41, 5.74) is 1.15. The molecule has 1 saturated heterocycles. The topological polar surface area (TPSA) is 41.0 Å². The number of aryl methyl sites for hydroxylation is 1. The van der Waals surface area contributed by atoms with E-state index < -0.39 is 0 Å². The third-order valence-electron chi connectivity index (χ3n) is 2.49. The second kappa shape index (κ2) is 5.02. The predicted octanol–water partition coefficient (Wildman–Crippen LogP) is 0.272. The Bertz CT molecular complexity index is 256. The molecule has 0 saturated carbocycles. The van der Waals surface area contributed by atoms with Crippen LogP contribution in [0.15, 0.2) is 18.6 Å². The van der Waals surface area contributed by atoms with Crippen molar-refractivity contribution in [1.82, 2.24) is 20.2 Å². The standard InChI is InChI=1S/C10H16N4/c1(6-14-7-5-12-9-14)2-10-3-4-11-8-13-10/h3-4,8,12H,1-2,5-7,9H2. The highest BCUT2D eigenvalue weighted by atomic mass is 15.3. The maximum Gasteiger partial charge on any atom is 0.115 e. The van der Waals surface area contributed by atoms with Crippen LogP contribution in [-0.2, 0) is 6.42 Å². The zero-order chi connectivity index (χ0) is 9.64. The minimum absolute atomic E-state index is 1.05. The van der Waals surface area contributed by atoms with E-state index in [4.69, 9.17) is 0 Å². The lowest BCUT2D eigenvalue weighted by molar-refractivity contribution is 0.330. The Morgan fingerprint density at radius 1 is 1.50 bits per heavy atom. The lowest BCUT2D eigenvalue weighted by atomic mass is 10.2. The number of hydrogen-bond acceptors (Lipinski definition) is 4. The molecule has 0 aromatic carbocycles. The summed E-state index contributed by atoms with van der Waals surface area (Å²) < 4.78 is 0. The van der Waals surface area contributed by atoms with Crippen LogP contribution >= 0.6 is 0 Å². The van der Waals surface area contributed by atoms with Gasteiger partial charge in [0.25, 0.3) is 0 Å². The molecule has 0 aliphatic carbocycles. The molecule has 76 valence electrons. The summed E-state index contributed by atoms with van der Waals surface area (Å²) >= 11 is 0. The van der Waals surface area contributed by atoms with Gasteiger partial charge in [-0.1, -0.05) is 0 Å². The Hall–Kier alpha value is -1.00. The van der Waals surface area contributed by atoms with E-state index in [-0.39, 0.29) is 0 Å². The SMILES string of the molecule is c1cc(CCCN2CCNC2)ncn1. The minimum atomic E-state index is 1.05. The van der Waals surface area contributed by atoms with Gasteiger partial charge in [-0.15, -0.1) is 0 Å². The van der Waals surface area contributed by atoms with E-state index >= 15 is 0 Å². The Kier molecular flexibility index (Phi) is 3.43. The quantitative estimate of drug-likeness (QED) is 0.743. The molecule has 1 aromatic heterocycles. The molecule has 1 aromatic rings. The van der Waals surface area contributed by atoms with Gasteiger partial charge in [0.15, 0.2) is 0 Å². The van der Waals surface area contributed by atoms with Gasteiger partial charge < -0.3 is 5.32 Å². The zero-order valence-corrected chi connectivity index (χ0v) is 8.32. The van der Waals surface area contributed by atoms with Crippen molar-refractivity contribution in [2.75, 3.05) is 26.3 Å². The largest absolute Gasteiger partial charge is 0.303 e. The van der Waals surface area contributed by atoms with Gasteiger partial charge in [-0.05, 0) is 25.5 Å². The van der Waals surface area contributed by atoms with Crippen LogP contribution < -0.4 is 5.32 Å². The Morgan fingerprint density at radius 3 is 3.21 bits per heavy atom. The first-order valence-electron chi connectivity index (χ1n) is 5.13. The fraction of sp³-hybridized carbons (Fsp3) is 0.600. The average Bonchev–Trinajstić information content (AvgIpc) is 2.72. The predicted molar refractivity (Wildman–Crippen MR) is 54.8 cm³/mol. The molecular formula is C10H16N4. The van der Waals surface area contributed by atoms with Crippen molar-refractivity contribution in [2.24, 2.45) is 0 Å². The van der Waals surface area contributed by atoms with Crippen LogP contribution in [0.3, 0.4) is 0 Å². The lowest BCUT2D eigenvalue weighted by Crippen LogP contribution is -2.23. The summed E-state index contributed by atoms with van der Waals surface area (Å²) in [5.74, 6) is 0. The molecule has 4 heteroatoms. The van der Waals surface area contributed by atoms with Crippen LogP contribution in [0.2, 0.25) is 0 Å². The first-order chi connectivity index (χ1) is 6.95.